The second kappa shape index (κ2) is 11.0. The number of aliphatic imine (C=N–C) groups is 1. The minimum Gasteiger partial charge on any atom is -0.356 e. The van der Waals surface area contributed by atoms with E-state index >= 15 is 0 Å². The molecular weight excluding hydrogens is 427 g/mol. The fraction of sp³-hybridized carbons (Fsp3) is 0.375. The van der Waals surface area contributed by atoms with Gasteiger partial charge in [-0.3, -0.25) is 9.67 Å². The fourth-order valence-corrected chi connectivity index (χ4v) is 2.14. The van der Waals surface area contributed by atoms with E-state index in [2.05, 4.69) is 20.7 Å². The van der Waals surface area contributed by atoms with Crippen LogP contribution in [0.25, 0.3) is 0 Å². The van der Waals surface area contributed by atoms with Crippen molar-refractivity contribution in [3.05, 3.63) is 53.9 Å². The number of nitrogens with zero attached hydrogens (tertiary/aromatic N) is 3. The number of aromatic nitrogens is 2. The second-order valence-electron chi connectivity index (χ2n) is 5.03. The molecule has 0 radical (unpaired) electrons. The van der Waals surface area contributed by atoms with Crippen molar-refractivity contribution in [2.24, 2.45) is 4.99 Å². The molecule has 0 aliphatic carbocycles. The zero-order valence-electron chi connectivity index (χ0n) is 13.5. The molecule has 0 aliphatic rings. The Hall–Kier alpha value is -1.71. The zero-order valence-corrected chi connectivity index (χ0v) is 15.8. The lowest BCUT2D eigenvalue weighted by molar-refractivity contribution is 0.567. The summed E-state index contributed by atoms with van der Waals surface area (Å²) >= 11 is 0. The first-order valence-corrected chi connectivity index (χ1v) is 7.55. The number of rotatable bonds is 7. The third-order valence-corrected chi connectivity index (χ3v) is 3.34. The Balaban J connectivity index is 0.00000288. The number of nitrogens with one attached hydrogen (secondary N) is 2. The van der Waals surface area contributed by atoms with Gasteiger partial charge in [0.15, 0.2) is 5.96 Å². The van der Waals surface area contributed by atoms with E-state index in [0.29, 0.717) is 24.5 Å². The molecule has 1 aromatic carbocycles. The molecule has 5 nitrogen and oxygen atoms in total. The van der Waals surface area contributed by atoms with Gasteiger partial charge in [0.25, 0.3) is 0 Å². The lowest BCUT2D eigenvalue weighted by atomic mass is 10.1. The molecule has 2 N–H and O–H groups in total. The van der Waals surface area contributed by atoms with Crippen molar-refractivity contribution in [1.29, 1.82) is 0 Å². The van der Waals surface area contributed by atoms with Crippen LogP contribution in [0.4, 0.5) is 8.78 Å². The Bertz CT molecular complexity index is 631. The van der Waals surface area contributed by atoms with Gasteiger partial charge in [-0.25, -0.2) is 8.78 Å². The van der Waals surface area contributed by atoms with Crippen LogP contribution in [0.3, 0.4) is 0 Å². The Labute approximate surface area is 157 Å². The molecule has 132 valence electrons. The SMILES string of the molecule is CN=C(NCCCn1cccn1)NCCc1ccc(F)cc1F.I. The molecule has 0 spiro atoms. The highest BCUT2D eigenvalue weighted by molar-refractivity contribution is 14.0. The number of benzene rings is 1. The Morgan fingerprint density at radius 1 is 1.25 bits per heavy atom. The molecular formula is C16H22F2IN5. The van der Waals surface area contributed by atoms with E-state index in [4.69, 9.17) is 0 Å². The van der Waals surface area contributed by atoms with Crippen LogP contribution in [0.1, 0.15) is 12.0 Å². The molecule has 1 aromatic heterocycles. The molecule has 8 heteroatoms. The summed E-state index contributed by atoms with van der Waals surface area (Å²) in [6.07, 6.45) is 5.04. The first kappa shape index (κ1) is 20.3. The molecule has 0 aliphatic heterocycles. The van der Waals surface area contributed by atoms with Gasteiger partial charge in [0.05, 0.1) is 0 Å². The topological polar surface area (TPSA) is 54.2 Å². The molecule has 0 amide bonds. The summed E-state index contributed by atoms with van der Waals surface area (Å²) in [5.74, 6) is -0.421. The summed E-state index contributed by atoms with van der Waals surface area (Å²) in [6, 6.07) is 5.52. The van der Waals surface area contributed by atoms with Crippen LogP contribution in [0.5, 0.6) is 0 Å². The molecule has 0 unspecified atom stereocenters. The van der Waals surface area contributed by atoms with E-state index in [0.717, 1.165) is 25.6 Å². The quantitative estimate of drug-likeness (QED) is 0.296. The van der Waals surface area contributed by atoms with E-state index in [-0.39, 0.29) is 24.0 Å². The van der Waals surface area contributed by atoms with Gasteiger partial charge in [0.2, 0.25) is 0 Å². The van der Waals surface area contributed by atoms with Gasteiger partial charge < -0.3 is 10.6 Å². The molecule has 1 heterocycles. The second-order valence-corrected chi connectivity index (χ2v) is 5.03. The maximum atomic E-state index is 13.5. The maximum Gasteiger partial charge on any atom is 0.190 e. The smallest absolute Gasteiger partial charge is 0.190 e. The van der Waals surface area contributed by atoms with E-state index in [1.54, 1.807) is 13.2 Å². The van der Waals surface area contributed by atoms with Gasteiger partial charge >= 0.3 is 0 Å². The van der Waals surface area contributed by atoms with Gasteiger partial charge in [-0.2, -0.15) is 5.10 Å². The average Bonchev–Trinajstić information content (AvgIpc) is 3.05. The van der Waals surface area contributed by atoms with Crippen LogP contribution in [0, 0.1) is 11.6 Å². The van der Waals surface area contributed by atoms with E-state index in [1.807, 2.05) is 16.9 Å². The number of aryl methyl sites for hydroxylation is 1. The lowest BCUT2D eigenvalue weighted by Gasteiger charge is -2.12. The Morgan fingerprint density at radius 2 is 2.04 bits per heavy atom. The van der Waals surface area contributed by atoms with Crippen LogP contribution in [-0.2, 0) is 13.0 Å². The lowest BCUT2D eigenvalue weighted by Crippen LogP contribution is -2.39. The highest BCUT2D eigenvalue weighted by Gasteiger charge is 2.04. The van der Waals surface area contributed by atoms with E-state index < -0.39 is 11.6 Å². The van der Waals surface area contributed by atoms with Crippen LogP contribution < -0.4 is 10.6 Å². The summed E-state index contributed by atoms with van der Waals surface area (Å²) < 4.78 is 28.2. The summed E-state index contributed by atoms with van der Waals surface area (Å²) in [5.41, 5.74) is 0.480. The zero-order chi connectivity index (χ0) is 16.5. The van der Waals surface area contributed by atoms with Crippen molar-refractivity contribution in [3.8, 4) is 0 Å². The number of hydrogen-bond donors (Lipinski definition) is 2. The predicted octanol–water partition coefficient (Wildman–Crippen LogP) is 2.58. The normalized spacial score (nSPS) is 11.0. The predicted molar refractivity (Wildman–Crippen MR) is 102 cm³/mol. The number of guanidine groups is 1. The van der Waals surface area contributed by atoms with Crippen LogP contribution >= 0.6 is 24.0 Å². The van der Waals surface area contributed by atoms with Crippen molar-refractivity contribution in [3.63, 3.8) is 0 Å². The van der Waals surface area contributed by atoms with E-state index in [1.165, 1.54) is 12.1 Å². The minimum atomic E-state index is -0.561. The van der Waals surface area contributed by atoms with Crippen LogP contribution in [-0.4, -0.2) is 35.9 Å². The van der Waals surface area contributed by atoms with Gasteiger partial charge in [0, 0.05) is 45.1 Å². The largest absolute Gasteiger partial charge is 0.356 e. The molecule has 2 rings (SSSR count). The van der Waals surface area contributed by atoms with E-state index in [9.17, 15) is 8.78 Å². The summed E-state index contributed by atoms with van der Waals surface area (Å²) in [7, 11) is 1.68. The Morgan fingerprint density at radius 3 is 2.71 bits per heavy atom. The first-order chi connectivity index (χ1) is 11.2. The molecule has 0 saturated carbocycles. The molecule has 0 fully saturated rings. The van der Waals surface area contributed by atoms with Crippen molar-refractivity contribution in [2.45, 2.75) is 19.4 Å². The summed E-state index contributed by atoms with van der Waals surface area (Å²) in [5, 5.41) is 10.4. The van der Waals surface area contributed by atoms with Crippen molar-refractivity contribution in [1.82, 2.24) is 20.4 Å². The fourth-order valence-electron chi connectivity index (χ4n) is 2.14. The minimum absolute atomic E-state index is 0. The number of hydrogen-bond acceptors (Lipinski definition) is 2. The van der Waals surface area contributed by atoms with Crippen molar-refractivity contribution >= 4 is 29.9 Å². The maximum absolute atomic E-state index is 13.5. The van der Waals surface area contributed by atoms with Gasteiger partial charge in [-0.1, -0.05) is 6.07 Å². The van der Waals surface area contributed by atoms with Crippen LogP contribution in [0.15, 0.2) is 41.7 Å². The third-order valence-electron chi connectivity index (χ3n) is 3.34. The van der Waals surface area contributed by atoms with Crippen molar-refractivity contribution < 1.29 is 8.78 Å². The summed E-state index contributed by atoms with van der Waals surface area (Å²) in [4.78, 5) is 4.11. The molecule has 0 atom stereocenters. The first-order valence-electron chi connectivity index (χ1n) is 7.55. The molecule has 0 saturated heterocycles. The van der Waals surface area contributed by atoms with Crippen molar-refractivity contribution in [2.75, 3.05) is 20.1 Å². The highest BCUT2D eigenvalue weighted by atomic mass is 127. The monoisotopic (exact) mass is 449 g/mol. The van der Waals surface area contributed by atoms with Gasteiger partial charge in [0.1, 0.15) is 11.6 Å². The third kappa shape index (κ3) is 6.81. The summed E-state index contributed by atoms with van der Waals surface area (Å²) in [6.45, 7) is 2.10. The van der Waals surface area contributed by atoms with Crippen LogP contribution in [0.2, 0.25) is 0 Å². The Kier molecular flexibility index (Phi) is 9.28. The standard InChI is InChI=1S/C16H21F2N5.HI/c1-19-16(20-7-2-10-23-11-3-8-22-23)21-9-6-13-4-5-14(17)12-15(13)18;/h3-5,8,11-12H,2,6-7,9-10H2,1H3,(H2,19,20,21);1H. The van der Waals surface area contributed by atoms with Gasteiger partial charge in [-0.15, -0.1) is 24.0 Å². The van der Waals surface area contributed by atoms with Gasteiger partial charge in [-0.05, 0) is 30.5 Å². The molecule has 24 heavy (non-hydrogen) atoms. The average molecular weight is 449 g/mol. The molecule has 0 bridgehead atoms. The highest BCUT2D eigenvalue weighted by Crippen LogP contribution is 2.09. The molecule has 2 aromatic rings. The number of halogens is 3.